The number of hydrogen-bond donors (Lipinski definition) is 0. The first-order valence-electron chi connectivity index (χ1n) is 17.6. The molecule has 6 rings (SSSR count). The summed E-state index contributed by atoms with van der Waals surface area (Å²) in [6, 6.07) is 26.3. The number of rotatable bonds is 12. The van der Waals surface area contributed by atoms with Crippen LogP contribution in [0.5, 0.6) is 0 Å². The highest BCUT2D eigenvalue weighted by Crippen LogP contribution is 2.51. The molecule has 0 spiro atoms. The van der Waals surface area contributed by atoms with Crippen molar-refractivity contribution in [3.63, 3.8) is 0 Å². The van der Waals surface area contributed by atoms with Crippen LogP contribution in [0.25, 0.3) is 21.5 Å². The average molecular weight is 738 g/mol. The Morgan fingerprint density at radius 3 is 1.94 bits per heavy atom. The Kier molecular flexibility index (Phi) is 11.4. The molecule has 4 aromatic carbocycles. The highest BCUT2D eigenvalue weighted by Gasteiger charge is 2.45. The van der Waals surface area contributed by atoms with Crippen molar-refractivity contribution in [3.8, 4) is 0 Å². The van der Waals surface area contributed by atoms with Gasteiger partial charge in [0.2, 0.25) is 5.69 Å². The van der Waals surface area contributed by atoms with Crippen LogP contribution in [-0.4, -0.2) is 49.5 Å². The van der Waals surface area contributed by atoms with Crippen LogP contribution in [-0.2, 0) is 29.9 Å². The fraction of sp³-hybridized carbons (Fsp3) is 0.372. The van der Waals surface area contributed by atoms with Gasteiger partial charge in [0.05, 0.1) is 19.6 Å². The number of carbonyl (C=O) groups excluding carboxylic acids is 2. The second-order valence-electron chi connectivity index (χ2n) is 14.3. The predicted octanol–water partition coefficient (Wildman–Crippen LogP) is 6.30. The third-order valence-electron chi connectivity index (χ3n) is 10.5. The van der Waals surface area contributed by atoms with Gasteiger partial charge in [0, 0.05) is 60.3 Å². The van der Waals surface area contributed by atoms with Gasteiger partial charge >= 0.3 is 11.9 Å². The quantitative estimate of drug-likeness (QED) is 0.0972. The molecule has 2 aliphatic rings. The maximum absolute atomic E-state index is 11.9. The normalized spacial score (nSPS) is 16.6. The minimum absolute atomic E-state index is 0. The Morgan fingerprint density at radius 1 is 0.720 bits per heavy atom. The van der Waals surface area contributed by atoms with E-state index in [9.17, 15) is 9.59 Å². The lowest BCUT2D eigenvalue weighted by atomic mass is 9.79. The summed E-state index contributed by atoms with van der Waals surface area (Å²) in [5.41, 5.74) is 7.20. The molecule has 0 unspecified atom stereocenters. The van der Waals surface area contributed by atoms with Crippen LogP contribution >= 0.6 is 0 Å². The van der Waals surface area contributed by atoms with Gasteiger partial charge in [-0.05, 0) is 78.4 Å². The smallest absolute Gasteiger partial charge is 0.305 e. The monoisotopic (exact) mass is 736 g/mol. The first kappa shape index (κ1) is 37.0. The highest BCUT2D eigenvalue weighted by atomic mass is 79.9. The van der Waals surface area contributed by atoms with Gasteiger partial charge in [-0.25, -0.2) is 0 Å². The van der Waals surface area contributed by atoms with Crippen LogP contribution < -0.4 is 21.9 Å². The molecule has 0 aromatic heterocycles. The van der Waals surface area contributed by atoms with Crippen molar-refractivity contribution >= 4 is 50.6 Å². The molecule has 262 valence electrons. The molecule has 0 aliphatic carbocycles. The van der Waals surface area contributed by atoms with Crippen molar-refractivity contribution in [2.75, 3.05) is 32.2 Å². The molecule has 6 nitrogen and oxygen atoms in total. The summed E-state index contributed by atoms with van der Waals surface area (Å²) in [5, 5.41) is 5.05. The number of esters is 2. The highest BCUT2D eigenvalue weighted by molar-refractivity contribution is 6.07. The maximum Gasteiger partial charge on any atom is 0.305 e. The first-order valence-corrected chi connectivity index (χ1v) is 17.6. The molecule has 2 aliphatic heterocycles. The van der Waals surface area contributed by atoms with Gasteiger partial charge in [-0.2, -0.15) is 4.58 Å². The number of unbranched alkanes of at least 4 members (excludes halogenated alkanes) is 2. The number of fused-ring (bicyclic) bond motifs is 6. The minimum atomic E-state index is -0.231. The second-order valence-corrected chi connectivity index (χ2v) is 14.3. The van der Waals surface area contributed by atoms with Crippen LogP contribution in [0.3, 0.4) is 0 Å². The summed E-state index contributed by atoms with van der Waals surface area (Å²) < 4.78 is 12.3. The van der Waals surface area contributed by atoms with E-state index in [4.69, 9.17) is 9.47 Å². The first-order chi connectivity index (χ1) is 23.6. The van der Waals surface area contributed by atoms with Crippen LogP contribution in [0.2, 0.25) is 0 Å². The van der Waals surface area contributed by atoms with Crippen molar-refractivity contribution in [1.29, 1.82) is 0 Å². The molecule has 2 heterocycles. The van der Waals surface area contributed by atoms with E-state index < -0.39 is 0 Å². The van der Waals surface area contributed by atoms with Crippen molar-refractivity contribution in [3.05, 3.63) is 108 Å². The zero-order valence-electron chi connectivity index (χ0n) is 30.2. The van der Waals surface area contributed by atoms with Gasteiger partial charge in [0.1, 0.15) is 6.54 Å². The van der Waals surface area contributed by atoms with Crippen molar-refractivity contribution in [2.24, 2.45) is 0 Å². The van der Waals surface area contributed by atoms with Gasteiger partial charge in [-0.15, -0.1) is 0 Å². The topological polar surface area (TPSA) is 58.8 Å². The fourth-order valence-corrected chi connectivity index (χ4v) is 8.07. The summed E-state index contributed by atoms with van der Waals surface area (Å²) in [5.74, 6) is -0.321. The Hall–Kier alpha value is -4.23. The van der Waals surface area contributed by atoms with Gasteiger partial charge in [-0.3, -0.25) is 9.59 Å². The largest absolute Gasteiger partial charge is 1.00 e. The summed E-state index contributed by atoms with van der Waals surface area (Å²) in [6.45, 7) is 10.9. The van der Waals surface area contributed by atoms with Crippen molar-refractivity contribution in [1.82, 2.24) is 0 Å². The van der Waals surface area contributed by atoms with E-state index in [0.29, 0.717) is 12.8 Å². The van der Waals surface area contributed by atoms with Crippen LogP contribution in [0, 0.1) is 0 Å². The van der Waals surface area contributed by atoms with Crippen molar-refractivity contribution < 1.29 is 40.6 Å². The molecule has 0 N–H and O–H groups in total. The van der Waals surface area contributed by atoms with E-state index in [2.05, 4.69) is 128 Å². The van der Waals surface area contributed by atoms with Crippen molar-refractivity contribution in [2.45, 2.75) is 77.0 Å². The summed E-state index contributed by atoms with van der Waals surface area (Å²) in [7, 11) is 2.90. The molecule has 4 aromatic rings. The third-order valence-corrected chi connectivity index (χ3v) is 10.5. The van der Waals surface area contributed by atoms with Gasteiger partial charge in [0.15, 0.2) is 5.71 Å². The number of nitrogens with zero attached hydrogens (tertiary/aromatic N) is 2. The number of hydrogen-bond acceptors (Lipinski definition) is 5. The summed E-state index contributed by atoms with van der Waals surface area (Å²) >= 11 is 0. The lowest BCUT2D eigenvalue weighted by molar-refractivity contribution is -0.438. The number of halogens is 1. The number of benzene rings is 4. The molecule has 0 atom stereocenters. The van der Waals surface area contributed by atoms with Gasteiger partial charge < -0.3 is 31.4 Å². The molecule has 0 fully saturated rings. The number of ether oxygens (including phenoxy) is 2. The van der Waals surface area contributed by atoms with Gasteiger partial charge in [0.25, 0.3) is 0 Å². The molecule has 0 saturated heterocycles. The zero-order valence-corrected chi connectivity index (χ0v) is 31.8. The lowest BCUT2D eigenvalue weighted by Gasteiger charge is -2.27. The molecule has 0 radical (unpaired) electrons. The molecular weight excluding hydrogens is 688 g/mol. The van der Waals surface area contributed by atoms with Crippen LogP contribution in [0.1, 0.15) is 77.3 Å². The molecule has 50 heavy (non-hydrogen) atoms. The molecule has 0 bridgehead atoms. The number of allylic oxidation sites excluding steroid dienone is 4. The lowest BCUT2D eigenvalue weighted by Crippen LogP contribution is -3.00. The summed E-state index contributed by atoms with van der Waals surface area (Å²) in [6.07, 6.45) is 11.0. The standard InChI is InChI=1S/C43H49N2O4.BrH/c1-42(2)36(44(28-13-11-22-38(46)48-5)34-26-24-30-16-7-9-18-32(30)40(34)42)20-15-21-37-43(3,4)41-33-19-10-8-17-31(33)25-27-35(41)45(37)29-14-12-23-39(47)49-6;/h7-10,15-21,24-27H,11-14,22-23,28-29H2,1-6H3;1H/q+1;/p-1. The minimum Gasteiger partial charge on any atom is -1.00 e. The van der Waals surface area contributed by atoms with Crippen LogP contribution in [0.15, 0.2) is 96.7 Å². The Morgan fingerprint density at radius 2 is 1.30 bits per heavy atom. The number of anilines is 1. The predicted molar refractivity (Wildman–Crippen MR) is 200 cm³/mol. The van der Waals surface area contributed by atoms with E-state index in [-0.39, 0.29) is 39.8 Å². The van der Waals surface area contributed by atoms with E-state index >= 15 is 0 Å². The number of carbonyl (C=O) groups is 2. The number of methoxy groups -OCH3 is 2. The molecule has 0 saturated carbocycles. The third kappa shape index (κ3) is 6.89. The van der Waals surface area contributed by atoms with E-state index in [0.717, 1.165) is 38.8 Å². The van der Waals surface area contributed by atoms with E-state index in [1.165, 1.54) is 69.7 Å². The molecule has 7 heteroatoms. The van der Waals surface area contributed by atoms with E-state index in [1.54, 1.807) is 0 Å². The SMILES string of the molecule is COC(=O)CCCCN1/C(=C\C=C\C2=[N+](CCCCC(=O)OC)c3ccc4ccccc4c3C2(C)C)C(C)(C)c2c1ccc1ccccc21.[Br-]. The zero-order chi connectivity index (χ0) is 34.8. The van der Waals surface area contributed by atoms with Gasteiger partial charge in [-0.1, -0.05) is 74.5 Å². The Labute approximate surface area is 307 Å². The Bertz CT molecular complexity index is 2010. The molecule has 0 amide bonds. The second kappa shape index (κ2) is 15.3. The molecular formula is C43H49BrN2O4. The fourth-order valence-electron chi connectivity index (χ4n) is 8.07. The average Bonchev–Trinajstić information content (AvgIpc) is 3.46. The van der Waals surface area contributed by atoms with E-state index in [1.807, 2.05) is 0 Å². The Balaban J connectivity index is 0.00000486. The van der Waals surface area contributed by atoms with Crippen LogP contribution in [0.4, 0.5) is 11.4 Å². The summed E-state index contributed by atoms with van der Waals surface area (Å²) in [4.78, 5) is 26.2. The maximum atomic E-state index is 11.9.